The lowest BCUT2D eigenvalue weighted by atomic mass is 10.1. The maximum absolute atomic E-state index is 12.2. The molecule has 2 heterocycles. The molecule has 1 saturated heterocycles. The molecule has 3 amide bonds. The number of nitrogens with zero attached hydrogens (tertiary/aromatic N) is 2. The Labute approximate surface area is 131 Å². The van der Waals surface area contributed by atoms with Gasteiger partial charge in [0.2, 0.25) is 5.91 Å². The molecule has 0 bridgehead atoms. The van der Waals surface area contributed by atoms with Crippen LogP contribution in [0.15, 0.2) is 22.7 Å². The van der Waals surface area contributed by atoms with Gasteiger partial charge >= 0.3 is 0 Å². The van der Waals surface area contributed by atoms with Crippen molar-refractivity contribution in [3.05, 3.63) is 33.8 Å². The van der Waals surface area contributed by atoms with Crippen molar-refractivity contribution in [3.63, 3.8) is 0 Å². The highest BCUT2D eigenvalue weighted by Gasteiger charge is 2.35. The van der Waals surface area contributed by atoms with E-state index in [1.54, 1.807) is 23.1 Å². The third-order valence-corrected chi connectivity index (χ3v) is 4.41. The van der Waals surface area contributed by atoms with E-state index >= 15 is 0 Å². The van der Waals surface area contributed by atoms with Crippen LogP contribution >= 0.6 is 15.9 Å². The second kappa shape index (κ2) is 5.60. The Morgan fingerprint density at radius 2 is 1.86 bits per heavy atom. The molecule has 0 aliphatic carbocycles. The molecule has 0 aromatic heterocycles. The zero-order valence-corrected chi connectivity index (χ0v) is 13.1. The standard InChI is InChI=1S/C15H15BrN2O3/c16-10-4-5-11-12(9-10)15(21)18(14(11)20)8-1-3-13(19)17-6-2-7-17/h4-5,9H,1-3,6-8H2. The lowest BCUT2D eigenvalue weighted by molar-refractivity contribution is -0.134. The van der Waals surface area contributed by atoms with Crippen LogP contribution in [0.25, 0.3) is 0 Å². The number of hydrogen-bond donors (Lipinski definition) is 0. The number of benzene rings is 1. The average Bonchev–Trinajstić information content (AvgIpc) is 2.61. The summed E-state index contributed by atoms with van der Waals surface area (Å²) in [6, 6.07) is 5.08. The van der Waals surface area contributed by atoms with Crippen molar-refractivity contribution in [1.82, 2.24) is 9.80 Å². The lowest BCUT2D eigenvalue weighted by Gasteiger charge is -2.31. The first-order chi connectivity index (χ1) is 10.1. The van der Waals surface area contributed by atoms with E-state index in [1.807, 2.05) is 0 Å². The van der Waals surface area contributed by atoms with Crippen LogP contribution in [0.5, 0.6) is 0 Å². The molecule has 1 aromatic carbocycles. The van der Waals surface area contributed by atoms with E-state index in [1.165, 1.54) is 4.90 Å². The van der Waals surface area contributed by atoms with Crippen LogP contribution in [0, 0.1) is 0 Å². The van der Waals surface area contributed by atoms with Crippen molar-refractivity contribution in [1.29, 1.82) is 0 Å². The van der Waals surface area contributed by atoms with Gasteiger partial charge in [-0.15, -0.1) is 0 Å². The van der Waals surface area contributed by atoms with Gasteiger partial charge in [0.25, 0.3) is 11.8 Å². The second-order valence-electron chi connectivity index (χ2n) is 5.29. The van der Waals surface area contributed by atoms with Gasteiger partial charge in [-0.1, -0.05) is 15.9 Å². The molecule has 21 heavy (non-hydrogen) atoms. The Hall–Kier alpha value is -1.69. The molecule has 0 saturated carbocycles. The number of carbonyl (C=O) groups excluding carboxylic acids is 3. The topological polar surface area (TPSA) is 57.7 Å². The molecule has 0 atom stereocenters. The smallest absolute Gasteiger partial charge is 0.261 e. The van der Waals surface area contributed by atoms with E-state index in [2.05, 4.69) is 15.9 Å². The summed E-state index contributed by atoms with van der Waals surface area (Å²) in [5.41, 5.74) is 0.876. The minimum absolute atomic E-state index is 0.112. The zero-order chi connectivity index (χ0) is 15.0. The predicted octanol–water partition coefficient (Wildman–Crippen LogP) is 2.06. The number of amides is 3. The van der Waals surface area contributed by atoms with Crippen molar-refractivity contribution in [2.24, 2.45) is 0 Å². The number of hydrogen-bond acceptors (Lipinski definition) is 3. The van der Waals surface area contributed by atoms with Gasteiger partial charge in [0.1, 0.15) is 0 Å². The summed E-state index contributed by atoms with van der Waals surface area (Å²) in [5, 5.41) is 0. The largest absolute Gasteiger partial charge is 0.343 e. The van der Waals surface area contributed by atoms with Crippen LogP contribution in [0.3, 0.4) is 0 Å². The molecule has 2 aliphatic rings. The summed E-state index contributed by atoms with van der Waals surface area (Å²) in [6.07, 6.45) is 1.97. The Balaban J connectivity index is 1.61. The highest BCUT2D eigenvalue weighted by molar-refractivity contribution is 9.10. The van der Waals surface area contributed by atoms with Gasteiger partial charge < -0.3 is 4.90 Å². The van der Waals surface area contributed by atoms with Gasteiger partial charge in [-0.25, -0.2) is 0 Å². The Morgan fingerprint density at radius 1 is 1.14 bits per heavy atom. The Bertz CT molecular complexity index is 625. The first kappa shape index (κ1) is 14.3. The number of likely N-dealkylation sites (tertiary alicyclic amines) is 1. The fraction of sp³-hybridized carbons (Fsp3) is 0.400. The summed E-state index contributed by atoms with van der Waals surface area (Å²) in [6.45, 7) is 1.96. The van der Waals surface area contributed by atoms with Crippen molar-refractivity contribution in [3.8, 4) is 0 Å². The summed E-state index contributed by atoms with van der Waals surface area (Å²) < 4.78 is 0.775. The van der Waals surface area contributed by atoms with E-state index in [0.717, 1.165) is 24.0 Å². The molecule has 5 nitrogen and oxygen atoms in total. The molecular formula is C15H15BrN2O3. The van der Waals surface area contributed by atoms with Crippen LogP contribution in [0.4, 0.5) is 0 Å². The van der Waals surface area contributed by atoms with Crippen LogP contribution in [-0.2, 0) is 4.79 Å². The molecule has 0 N–H and O–H groups in total. The fourth-order valence-corrected chi connectivity index (χ4v) is 2.94. The van der Waals surface area contributed by atoms with Gasteiger partial charge in [-0.05, 0) is 31.0 Å². The van der Waals surface area contributed by atoms with E-state index in [0.29, 0.717) is 30.5 Å². The average molecular weight is 351 g/mol. The minimum atomic E-state index is -0.271. The van der Waals surface area contributed by atoms with E-state index in [9.17, 15) is 14.4 Å². The summed E-state index contributed by atoms with van der Waals surface area (Å²) >= 11 is 3.30. The summed E-state index contributed by atoms with van der Waals surface area (Å²) in [4.78, 5) is 39.2. The quantitative estimate of drug-likeness (QED) is 0.781. The summed E-state index contributed by atoms with van der Waals surface area (Å²) in [7, 11) is 0. The third kappa shape index (κ3) is 2.60. The molecule has 6 heteroatoms. The van der Waals surface area contributed by atoms with E-state index < -0.39 is 0 Å². The Morgan fingerprint density at radius 3 is 2.52 bits per heavy atom. The molecule has 1 fully saturated rings. The van der Waals surface area contributed by atoms with Crippen LogP contribution < -0.4 is 0 Å². The third-order valence-electron chi connectivity index (χ3n) is 3.91. The van der Waals surface area contributed by atoms with Gasteiger partial charge in [0.05, 0.1) is 11.1 Å². The van der Waals surface area contributed by atoms with Crippen molar-refractivity contribution in [2.45, 2.75) is 19.3 Å². The maximum Gasteiger partial charge on any atom is 0.261 e. The summed E-state index contributed by atoms with van der Waals surface area (Å²) in [5.74, 6) is -0.424. The molecule has 1 aromatic rings. The van der Waals surface area contributed by atoms with Gasteiger partial charge in [0.15, 0.2) is 0 Å². The zero-order valence-electron chi connectivity index (χ0n) is 11.5. The van der Waals surface area contributed by atoms with Gasteiger partial charge in [0, 0.05) is 30.5 Å². The van der Waals surface area contributed by atoms with E-state index in [-0.39, 0.29) is 17.7 Å². The first-order valence-corrected chi connectivity index (χ1v) is 7.81. The highest BCUT2D eigenvalue weighted by atomic mass is 79.9. The minimum Gasteiger partial charge on any atom is -0.343 e. The molecule has 2 aliphatic heterocycles. The predicted molar refractivity (Wildman–Crippen MR) is 79.9 cm³/mol. The number of fused-ring (bicyclic) bond motifs is 1. The SMILES string of the molecule is O=C(CCCN1C(=O)c2ccc(Br)cc2C1=O)N1CCC1. The van der Waals surface area contributed by atoms with Crippen molar-refractivity contribution in [2.75, 3.05) is 19.6 Å². The first-order valence-electron chi connectivity index (χ1n) is 7.01. The second-order valence-corrected chi connectivity index (χ2v) is 6.21. The number of rotatable bonds is 4. The van der Waals surface area contributed by atoms with Crippen LogP contribution in [-0.4, -0.2) is 47.2 Å². The highest BCUT2D eigenvalue weighted by Crippen LogP contribution is 2.26. The van der Waals surface area contributed by atoms with Crippen LogP contribution in [0.2, 0.25) is 0 Å². The van der Waals surface area contributed by atoms with Crippen molar-refractivity contribution < 1.29 is 14.4 Å². The van der Waals surface area contributed by atoms with E-state index in [4.69, 9.17) is 0 Å². The molecule has 3 rings (SSSR count). The Kier molecular flexibility index (Phi) is 3.80. The maximum atomic E-state index is 12.2. The number of halogens is 1. The number of imide groups is 1. The molecule has 0 unspecified atom stereocenters. The molecule has 110 valence electrons. The molecule has 0 spiro atoms. The van der Waals surface area contributed by atoms with Gasteiger partial charge in [-0.3, -0.25) is 19.3 Å². The van der Waals surface area contributed by atoms with Gasteiger partial charge in [-0.2, -0.15) is 0 Å². The monoisotopic (exact) mass is 350 g/mol. The molecular weight excluding hydrogens is 336 g/mol. The van der Waals surface area contributed by atoms with Crippen molar-refractivity contribution >= 4 is 33.7 Å². The lowest BCUT2D eigenvalue weighted by Crippen LogP contribution is -2.42. The normalized spacial score (nSPS) is 17.0. The molecule has 0 radical (unpaired) electrons. The number of carbonyl (C=O) groups is 3. The fourth-order valence-electron chi connectivity index (χ4n) is 2.58. The van der Waals surface area contributed by atoms with Crippen LogP contribution in [0.1, 0.15) is 40.0 Å².